The number of aromatic nitrogens is 4. The van der Waals surface area contributed by atoms with Crippen LogP contribution in [0.4, 0.5) is 0 Å². The van der Waals surface area contributed by atoms with Crippen LogP contribution in [0.5, 0.6) is 0 Å². The van der Waals surface area contributed by atoms with Crippen molar-refractivity contribution in [1.82, 2.24) is 19.1 Å². The van der Waals surface area contributed by atoms with E-state index in [2.05, 4.69) is 203 Å². The number of hydrogen-bond acceptors (Lipinski definition) is 2. The van der Waals surface area contributed by atoms with E-state index >= 15 is 0 Å². The van der Waals surface area contributed by atoms with Gasteiger partial charge in [0.1, 0.15) is 5.69 Å². The number of fused-ring (bicyclic) bond motifs is 12. The second kappa shape index (κ2) is 12.0. The lowest BCUT2D eigenvalue weighted by molar-refractivity contribution is 1.13. The molecule has 0 radical (unpaired) electrons. The normalized spacial score (nSPS) is 11.9. The predicted octanol–water partition coefficient (Wildman–Crippen LogP) is 13.5. The van der Waals surface area contributed by atoms with Gasteiger partial charge in [-0.3, -0.25) is 0 Å². The third kappa shape index (κ3) is 4.35. The predicted molar refractivity (Wildman–Crippen MR) is 234 cm³/mol. The van der Waals surface area contributed by atoms with E-state index in [0.717, 1.165) is 77.8 Å². The Morgan fingerprint density at radius 2 is 0.607 bits per heavy atom. The Morgan fingerprint density at radius 1 is 0.268 bits per heavy atom. The molecule has 3 aromatic heterocycles. The summed E-state index contributed by atoms with van der Waals surface area (Å²) in [7, 11) is 0. The fourth-order valence-corrected chi connectivity index (χ4v) is 9.14. The molecule has 0 atom stereocenters. The van der Waals surface area contributed by atoms with Crippen molar-refractivity contribution >= 4 is 76.2 Å². The minimum Gasteiger partial charge on any atom is -0.308 e. The van der Waals surface area contributed by atoms with Gasteiger partial charge in [0.2, 0.25) is 0 Å². The number of para-hydroxylation sites is 4. The number of benzene rings is 9. The molecule has 0 saturated carbocycles. The summed E-state index contributed by atoms with van der Waals surface area (Å²) in [5.74, 6) is 0. The summed E-state index contributed by atoms with van der Waals surface area (Å²) < 4.78 is 4.85. The van der Waals surface area contributed by atoms with E-state index < -0.39 is 0 Å². The Hall–Kier alpha value is -7.56. The SMILES string of the molecule is c1ccc(-c2nc3c4ccccc4c4ccccc4c3nc2-c2c(-n3c4ccccc4c4ccccc43)cccc2-n2c3ccccc3c3ccccc32)cc1. The van der Waals surface area contributed by atoms with Crippen LogP contribution in [-0.2, 0) is 0 Å². The molecule has 0 fully saturated rings. The van der Waals surface area contributed by atoms with Crippen LogP contribution in [-0.4, -0.2) is 19.1 Å². The van der Waals surface area contributed by atoms with Gasteiger partial charge in [-0.1, -0.05) is 158 Å². The average molecular weight is 713 g/mol. The van der Waals surface area contributed by atoms with E-state index in [4.69, 9.17) is 9.97 Å². The second-order valence-corrected chi connectivity index (χ2v) is 14.5. The van der Waals surface area contributed by atoms with Crippen LogP contribution in [0.15, 0.2) is 194 Å². The van der Waals surface area contributed by atoms with Crippen LogP contribution in [0, 0.1) is 0 Å². The van der Waals surface area contributed by atoms with E-state index in [1.54, 1.807) is 0 Å². The van der Waals surface area contributed by atoms with Crippen molar-refractivity contribution in [2.75, 3.05) is 0 Å². The molecular formula is C52H32N4. The van der Waals surface area contributed by atoms with E-state index in [1.807, 2.05) is 0 Å². The first-order valence-electron chi connectivity index (χ1n) is 19.1. The molecule has 56 heavy (non-hydrogen) atoms. The Kier molecular flexibility index (Phi) is 6.60. The summed E-state index contributed by atoms with van der Waals surface area (Å²) in [5, 5.41) is 9.36. The summed E-state index contributed by atoms with van der Waals surface area (Å²) in [6.45, 7) is 0. The van der Waals surface area contributed by atoms with Gasteiger partial charge < -0.3 is 9.13 Å². The maximum atomic E-state index is 5.87. The fraction of sp³-hybridized carbons (Fsp3) is 0. The van der Waals surface area contributed by atoms with Crippen LogP contribution in [0.3, 0.4) is 0 Å². The summed E-state index contributed by atoms with van der Waals surface area (Å²) in [4.78, 5) is 11.6. The molecule has 4 heteroatoms. The summed E-state index contributed by atoms with van der Waals surface area (Å²) >= 11 is 0. The molecule has 0 saturated heterocycles. The highest BCUT2D eigenvalue weighted by atomic mass is 15.0. The van der Waals surface area contributed by atoms with Gasteiger partial charge in [0.25, 0.3) is 0 Å². The molecule has 0 unspecified atom stereocenters. The van der Waals surface area contributed by atoms with Crippen molar-refractivity contribution in [3.05, 3.63) is 194 Å². The fourth-order valence-electron chi connectivity index (χ4n) is 9.14. The largest absolute Gasteiger partial charge is 0.308 e. The first-order valence-corrected chi connectivity index (χ1v) is 19.1. The van der Waals surface area contributed by atoms with E-state index in [0.29, 0.717) is 0 Å². The Morgan fingerprint density at radius 3 is 1.04 bits per heavy atom. The van der Waals surface area contributed by atoms with Gasteiger partial charge in [-0.25, -0.2) is 9.97 Å². The molecule has 0 aliphatic rings. The quantitative estimate of drug-likeness (QED) is 0.170. The highest BCUT2D eigenvalue weighted by molar-refractivity contribution is 6.24. The molecule has 0 N–H and O–H groups in total. The third-order valence-corrected chi connectivity index (χ3v) is 11.5. The highest BCUT2D eigenvalue weighted by Crippen LogP contribution is 2.45. The molecule has 12 rings (SSSR count). The molecule has 0 spiro atoms. The van der Waals surface area contributed by atoms with Crippen LogP contribution >= 0.6 is 0 Å². The lowest BCUT2D eigenvalue weighted by atomic mass is 9.96. The summed E-state index contributed by atoms with van der Waals surface area (Å²) in [5.41, 5.74) is 12.1. The zero-order valence-electron chi connectivity index (χ0n) is 30.3. The number of hydrogen-bond donors (Lipinski definition) is 0. The van der Waals surface area contributed by atoms with Crippen LogP contribution in [0.1, 0.15) is 0 Å². The number of rotatable bonds is 4. The molecule has 0 amide bonds. The first-order chi connectivity index (χ1) is 27.8. The Labute approximate surface area is 322 Å². The molecule has 9 aromatic carbocycles. The first kappa shape index (κ1) is 30.9. The molecule has 0 aliphatic carbocycles. The van der Waals surface area contributed by atoms with Gasteiger partial charge >= 0.3 is 0 Å². The van der Waals surface area contributed by atoms with E-state index in [1.165, 1.54) is 32.3 Å². The zero-order valence-corrected chi connectivity index (χ0v) is 30.3. The smallest absolute Gasteiger partial charge is 0.102 e. The zero-order chi connectivity index (χ0) is 36.7. The summed E-state index contributed by atoms with van der Waals surface area (Å²) in [6.07, 6.45) is 0. The lowest BCUT2D eigenvalue weighted by Gasteiger charge is -2.22. The molecule has 12 aromatic rings. The minimum absolute atomic E-state index is 0.832. The van der Waals surface area contributed by atoms with Gasteiger partial charge in [-0.05, 0) is 47.2 Å². The third-order valence-electron chi connectivity index (χ3n) is 11.5. The van der Waals surface area contributed by atoms with Crippen molar-refractivity contribution < 1.29 is 0 Å². The van der Waals surface area contributed by atoms with E-state index in [9.17, 15) is 0 Å². The van der Waals surface area contributed by atoms with Gasteiger partial charge in [0, 0.05) is 37.9 Å². The maximum Gasteiger partial charge on any atom is 0.102 e. The van der Waals surface area contributed by atoms with Gasteiger partial charge in [0.15, 0.2) is 0 Å². The highest BCUT2D eigenvalue weighted by Gasteiger charge is 2.26. The van der Waals surface area contributed by atoms with Crippen molar-refractivity contribution in [3.8, 4) is 33.9 Å². The van der Waals surface area contributed by atoms with Crippen molar-refractivity contribution in [2.24, 2.45) is 0 Å². The van der Waals surface area contributed by atoms with E-state index in [-0.39, 0.29) is 0 Å². The molecule has 260 valence electrons. The van der Waals surface area contributed by atoms with Gasteiger partial charge in [-0.2, -0.15) is 0 Å². The number of nitrogens with zero attached hydrogens (tertiary/aromatic N) is 4. The van der Waals surface area contributed by atoms with Crippen molar-refractivity contribution in [1.29, 1.82) is 0 Å². The van der Waals surface area contributed by atoms with Gasteiger partial charge in [0.05, 0.1) is 55.7 Å². The second-order valence-electron chi connectivity index (χ2n) is 14.5. The van der Waals surface area contributed by atoms with Gasteiger partial charge in [-0.15, -0.1) is 0 Å². The molecule has 0 bridgehead atoms. The van der Waals surface area contributed by atoms with Crippen molar-refractivity contribution in [3.63, 3.8) is 0 Å². The maximum absolute atomic E-state index is 5.87. The van der Waals surface area contributed by atoms with Crippen LogP contribution in [0.25, 0.3) is 110 Å². The Bertz CT molecular complexity index is 3300. The molecule has 0 aliphatic heterocycles. The molecular weight excluding hydrogens is 681 g/mol. The Balaban J connectivity index is 1.33. The topological polar surface area (TPSA) is 35.6 Å². The average Bonchev–Trinajstić information content (AvgIpc) is 3.79. The minimum atomic E-state index is 0.832. The molecule has 4 nitrogen and oxygen atoms in total. The monoisotopic (exact) mass is 712 g/mol. The summed E-state index contributed by atoms with van der Waals surface area (Å²) in [6, 6.07) is 69.4. The van der Waals surface area contributed by atoms with Crippen molar-refractivity contribution in [2.45, 2.75) is 0 Å². The standard InChI is InChI=1S/C52H32N4/c1-2-17-33(18-3-1)49-52(54-51-41-26-7-5-20-35(41)34-19-4-6-25-40(34)50(51)53-49)48-46(55-42-27-12-8-21-36(42)37-22-9-13-28-43(37)55)31-16-32-47(48)56-44-29-14-10-23-38(44)39-24-11-15-30-45(39)56/h1-32H. The van der Waals surface area contributed by atoms with Crippen LogP contribution < -0.4 is 0 Å². The van der Waals surface area contributed by atoms with Crippen LogP contribution in [0.2, 0.25) is 0 Å². The lowest BCUT2D eigenvalue weighted by Crippen LogP contribution is -2.06. The molecule has 3 heterocycles.